The molecule has 176 valence electrons. The molecule has 0 aromatic heterocycles. The molecule has 3 N–H and O–H groups in total. The Hall–Kier alpha value is -0.710. The third kappa shape index (κ3) is 3.75. The van der Waals surface area contributed by atoms with Crippen LogP contribution in [-0.4, -0.2) is 39.4 Å². The molecule has 0 radical (unpaired) electrons. The van der Waals surface area contributed by atoms with Gasteiger partial charge in [-0.2, -0.15) is 0 Å². The Labute approximate surface area is 188 Å². The van der Waals surface area contributed by atoms with Gasteiger partial charge >= 0.3 is 0 Å². The van der Waals surface area contributed by atoms with Crippen LogP contribution in [0.1, 0.15) is 86.0 Å². The van der Waals surface area contributed by atoms with Crippen molar-refractivity contribution in [3.8, 4) is 0 Å². The highest BCUT2D eigenvalue weighted by atomic mass is 16.3. The van der Waals surface area contributed by atoms with E-state index in [9.17, 15) is 20.1 Å². The van der Waals surface area contributed by atoms with Crippen LogP contribution in [0, 0.1) is 46.3 Å². The SMILES string of the molecule is CC(C)C(=O)CC[C@@H](C)[C@H]1C[C@@H](O)[C@H]2[C@@H]3CC=C4C[C@@H](O)CC[C@]4(C)[C@H]3[C@H](O)C[C@@]21C. The predicted molar refractivity (Wildman–Crippen MR) is 122 cm³/mol. The minimum absolute atomic E-state index is 0.0595. The first-order valence-corrected chi connectivity index (χ1v) is 12.8. The topological polar surface area (TPSA) is 77.8 Å². The van der Waals surface area contributed by atoms with Crippen molar-refractivity contribution in [3.63, 3.8) is 0 Å². The van der Waals surface area contributed by atoms with Gasteiger partial charge in [0.1, 0.15) is 5.78 Å². The van der Waals surface area contributed by atoms with Gasteiger partial charge in [-0.15, -0.1) is 0 Å². The minimum Gasteiger partial charge on any atom is -0.393 e. The van der Waals surface area contributed by atoms with Crippen LogP contribution in [0.5, 0.6) is 0 Å². The highest BCUT2D eigenvalue weighted by Crippen LogP contribution is 2.67. The molecule has 31 heavy (non-hydrogen) atoms. The average Bonchev–Trinajstić information content (AvgIpc) is 2.96. The Balaban J connectivity index is 1.59. The van der Waals surface area contributed by atoms with Gasteiger partial charge in [-0.1, -0.05) is 46.3 Å². The molecule has 0 bridgehead atoms. The summed E-state index contributed by atoms with van der Waals surface area (Å²) in [7, 11) is 0. The van der Waals surface area contributed by atoms with Crippen molar-refractivity contribution in [2.75, 3.05) is 0 Å². The highest BCUT2D eigenvalue weighted by Gasteiger charge is 2.64. The summed E-state index contributed by atoms with van der Waals surface area (Å²) < 4.78 is 0. The third-order valence-electron chi connectivity index (χ3n) is 10.2. The van der Waals surface area contributed by atoms with Gasteiger partial charge in [0, 0.05) is 12.3 Å². The molecule has 4 aliphatic rings. The van der Waals surface area contributed by atoms with E-state index in [2.05, 4.69) is 26.8 Å². The lowest BCUT2D eigenvalue weighted by atomic mass is 9.46. The summed E-state index contributed by atoms with van der Waals surface area (Å²) in [5, 5.41) is 33.1. The fraction of sp³-hybridized carbons (Fsp3) is 0.889. The maximum Gasteiger partial charge on any atom is 0.135 e. The molecule has 0 unspecified atom stereocenters. The molecule has 0 amide bonds. The molecule has 3 saturated carbocycles. The molecule has 10 atom stereocenters. The van der Waals surface area contributed by atoms with E-state index in [1.807, 2.05) is 13.8 Å². The van der Waals surface area contributed by atoms with Gasteiger partial charge in [0.2, 0.25) is 0 Å². The highest BCUT2D eigenvalue weighted by molar-refractivity contribution is 5.80. The van der Waals surface area contributed by atoms with Crippen molar-refractivity contribution in [3.05, 3.63) is 11.6 Å². The number of carbonyl (C=O) groups excluding carboxylic acids is 1. The maximum atomic E-state index is 12.2. The Morgan fingerprint density at radius 2 is 1.84 bits per heavy atom. The van der Waals surface area contributed by atoms with Crippen LogP contribution in [0.4, 0.5) is 0 Å². The molecular weight excluding hydrogens is 388 g/mol. The Morgan fingerprint density at radius 3 is 2.52 bits per heavy atom. The molecule has 0 saturated heterocycles. The molecule has 0 aromatic carbocycles. The smallest absolute Gasteiger partial charge is 0.135 e. The number of Topliss-reactive ketones (excluding diaryl/α,β-unsaturated/α-hetero) is 1. The molecule has 0 aromatic rings. The van der Waals surface area contributed by atoms with Gasteiger partial charge in [0.15, 0.2) is 0 Å². The maximum absolute atomic E-state index is 12.2. The van der Waals surface area contributed by atoms with Crippen LogP contribution in [0.15, 0.2) is 11.6 Å². The number of allylic oxidation sites excluding steroid dienone is 1. The monoisotopic (exact) mass is 432 g/mol. The first kappa shape index (κ1) is 23.4. The van der Waals surface area contributed by atoms with Crippen LogP contribution < -0.4 is 0 Å². The quantitative estimate of drug-likeness (QED) is 0.559. The van der Waals surface area contributed by atoms with E-state index in [1.54, 1.807) is 0 Å². The molecule has 4 rings (SSSR count). The van der Waals surface area contributed by atoms with E-state index >= 15 is 0 Å². The summed E-state index contributed by atoms with van der Waals surface area (Å²) >= 11 is 0. The first-order chi connectivity index (χ1) is 14.5. The van der Waals surface area contributed by atoms with Crippen molar-refractivity contribution >= 4 is 5.78 Å². The summed E-state index contributed by atoms with van der Waals surface area (Å²) in [6, 6.07) is 0. The number of rotatable bonds is 5. The fourth-order valence-electron chi connectivity index (χ4n) is 8.63. The summed E-state index contributed by atoms with van der Waals surface area (Å²) in [5.41, 5.74) is 1.19. The molecule has 4 nitrogen and oxygen atoms in total. The van der Waals surface area contributed by atoms with Gasteiger partial charge in [0.05, 0.1) is 18.3 Å². The van der Waals surface area contributed by atoms with Crippen molar-refractivity contribution in [1.82, 2.24) is 0 Å². The van der Waals surface area contributed by atoms with Crippen LogP contribution >= 0.6 is 0 Å². The molecule has 0 heterocycles. The molecule has 0 aliphatic heterocycles. The van der Waals surface area contributed by atoms with E-state index in [4.69, 9.17) is 0 Å². The van der Waals surface area contributed by atoms with Gasteiger partial charge in [0.25, 0.3) is 0 Å². The van der Waals surface area contributed by atoms with Crippen molar-refractivity contribution in [2.24, 2.45) is 46.3 Å². The molecular formula is C27H44O4. The van der Waals surface area contributed by atoms with Gasteiger partial charge in [-0.05, 0) is 85.4 Å². The second-order valence-electron chi connectivity index (χ2n) is 12.3. The minimum atomic E-state index is -0.368. The van der Waals surface area contributed by atoms with Crippen LogP contribution in [-0.2, 0) is 4.79 Å². The summed E-state index contributed by atoms with van der Waals surface area (Å²) in [4.78, 5) is 12.2. The van der Waals surface area contributed by atoms with Crippen molar-refractivity contribution < 1.29 is 20.1 Å². The number of carbonyl (C=O) groups is 1. The van der Waals surface area contributed by atoms with E-state index in [-0.39, 0.29) is 46.9 Å². The van der Waals surface area contributed by atoms with E-state index in [1.165, 1.54) is 5.57 Å². The largest absolute Gasteiger partial charge is 0.393 e. The first-order valence-electron chi connectivity index (χ1n) is 12.8. The average molecular weight is 433 g/mol. The van der Waals surface area contributed by atoms with Crippen LogP contribution in [0.25, 0.3) is 0 Å². The molecule has 0 spiro atoms. The fourth-order valence-corrected chi connectivity index (χ4v) is 8.63. The zero-order valence-electron chi connectivity index (χ0n) is 20.2. The lowest BCUT2D eigenvalue weighted by Gasteiger charge is -2.60. The second kappa shape index (κ2) is 8.25. The Bertz CT molecular complexity index is 729. The molecule has 4 aliphatic carbocycles. The number of aliphatic hydroxyl groups excluding tert-OH is 3. The van der Waals surface area contributed by atoms with Gasteiger partial charge in [-0.3, -0.25) is 4.79 Å². The van der Waals surface area contributed by atoms with E-state index in [0.717, 1.165) is 44.9 Å². The zero-order chi connectivity index (χ0) is 22.7. The number of aliphatic hydroxyl groups is 3. The second-order valence-corrected chi connectivity index (χ2v) is 12.3. The third-order valence-corrected chi connectivity index (χ3v) is 10.2. The number of hydrogen-bond donors (Lipinski definition) is 3. The zero-order valence-corrected chi connectivity index (χ0v) is 20.2. The lowest BCUT2D eigenvalue weighted by molar-refractivity contribution is -0.144. The standard InChI is InChI=1S/C27H44O4/c1-15(2)21(29)9-6-16(3)20-13-22(30)24-19-8-7-17-12-18(28)10-11-26(17,4)25(19)23(31)14-27(20,24)5/h7,15-16,18-20,22-25,28,30-31H,6,8-14H2,1-5H3/t16-,18+,19+,20-,22-,23-,24-,25-,26+,27-/m1/s1. The van der Waals surface area contributed by atoms with E-state index in [0.29, 0.717) is 30.0 Å². The number of fused-ring (bicyclic) bond motifs is 5. The molecule has 3 fully saturated rings. The number of ketones is 1. The Morgan fingerprint density at radius 1 is 1.13 bits per heavy atom. The predicted octanol–water partition coefficient (Wildman–Crippen LogP) is 4.51. The summed E-state index contributed by atoms with van der Waals surface area (Å²) in [6.45, 7) is 10.8. The summed E-state index contributed by atoms with van der Waals surface area (Å²) in [6.07, 6.45) is 7.79. The van der Waals surface area contributed by atoms with Crippen LogP contribution in [0.3, 0.4) is 0 Å². The van der Waals surface area contributed by atoms with E-state index < -0.39 is 0 Å². The summed E-state index contributed by atoms with van der Waals surface area (Å²) in [5.74, 6) is 1.79. The Kier molecular flexibility index (Phi) is 6.24. The normalized spacial score (nSPS) is 47.9. The van der Waals surface area contributed by atoms with Gasteiger partial charge < -0.3 is 15.3 Å². The van der Waals surface area contributed by atoms with Crippen LogP contribution in [0.2, 0.25) is 0 Å². The lowest BCUT2D eigenvalue weighted by Crippen LogP contribution is -2.58. The van der Waals surface area contributed by atoms with Gasteiger partial charge in [-0.25, -0.2) is 0 Å². The number of hydrogen-bond acceptors (Lipinski definition) is 4. The van der Waals surface area contributed by atoms with Crippen molar-refractivity contribution in [2.45, 2.75) is 104 Å². The van der Waals surface area contributed by atoms with Crippen molar-refractivity contribution in [1.29, 1.82) is 0 Å². The molecule has 4 heteroatoms.